The third-order valence-electron chi connectivity index (χ3n) is 5.22. The molecule has 0 aliphatic rings. The van der Waals surface area contributed by atoms with Crippen LogP contribution in [0.15, 0.2) is 90.0 Å². The molecule has 4 rings (SSSR count). The Morgan fingerprint density at radius 1 is 0.892 bits per heavy atom. The van der Waals surface area contributed by atoms with Gasteiger partial charge in [0.05, 0.1) is 29.1 Å². The van der Waals surface area contributed by atoms with E-state index in [1.165, 1.54) is 6.21 Å². The minimum atomic E-state index is -0.996. The second kappa shape index (κ2) is 11.8. The van der Waals surface area contributed by atoms with Gasteiger partial charge in [-0.3, -0.25) is 9.59 Å². The van der Waals surface area contributed by atoms with Crippen LogP contribution in [0.1, 0.15) is 22.8 Å². The van der Waals surface area contributed by atoms with Gasteiger partial charge in [-0.05, 0) is 60.2 Å². The lowest BCUT2D eigenvalue weighted by atomic mass is 10.0. The number of halogens is 1. The molecule has 4 aromatic carbocycles. The van der Waals surface area contributed by atoms with E-state index in [1.807, 2.05) is 37.3 Å². The third-order valence-corrected chi connectivity index (χ3v) is 5.55. The minimum absolute atomic E-state index is 0.233. The summed E-state index contributed by atoms with van der Waals surface area (Å²) >= 11 is 6.01. The molecule has 9 heteroatoms. The number of esters is 1. The quantitative estimate of drug-likeness (QED) is 0.116. The average Bonchev–Trinajstić information content (AvgIpc) is 2.91. The molecule has 0 unspecified atom stereocenters. The third kappa shape index (κ3) is 6.31. The van der Waals surface area contributed by atoms with E-state index in [0.29, 0.717) is 34.2 Å². The van der Waals surface area contributed by atoms with Crippen LogP contribution in [0.5, 0.6) is 11.5 Å². The summed E-state index contributed by atoms with van der Waals surface area (Å²) < 4.78 is 11.1. The van der Waals surface area contributed by atoms with Gasteiger partial charge in [0.2, 0.25) is 0 Å². The number of nitrogens with one attached hydrogen (secondary N) is 2. The molecule has 37 heavy (non-hydrogen) atoms. The van der Waals surface area contributed by atoms with Gasteiger partial charge in [0, 0.05) is 5.56 Å². The van der Waals surface area contributed by atoms with Crippen LogP contribution in [0.2, 0.25) is 5.02 Å². The largest absolute Gasteiger partial charge is 0.494 e. The number of para-hydroxylation sites is 1. The number of hydrazone groups is 1. The Morgan fingerprint density at radius 2 is 1.62 bits per heavy atom. The van der Waals surface area contributed by atoms with Crippen LogP contribution >= 0.6 is 11.6 Å². The first-order valence-electron chi connectivity index (χ1n) is 11.3. The van der Waals surface area contributed by atoms with Gasteiger partial charge in [-0.15, -0.1) is 0 Å². The van der Waals surface area contributed by atoms with Crippen molar-refractivity contribution in [1.82, 2.24) is 5.43 Å². The van der Waals surface area contributed by atoms with E-state index < -0.39 is 17.8 Å². The number of hydrogen-bond acceptors (Lipinski definition) is 6. The highest BCUT2D eigenvalue weighted by Crippen LogP contribution is 2.28. The zero-order chi connectivity index (χ0) is 26.2. The topological polar surface area (TPSA) is 106 Å². The van der Waals surface area contributed by atoms with E-state index >= 15 is 0 Å². The summed E-state index contributed by atoms with van der Waals surface area (Å²) in [7, 11) is 0. The minimum Gasteiger partial charge on any atom is -0.494 e. The highest BCUT2D eigenvalue weighted by atomic mass is 35.5. The van der Waals surface area contributed by atoms with Gasteiger partial charge in [-0.1, -0.05) is 54.1 Å². The van der Waals surface area contributed by atoms with Crippen LogP contribution in [0, 0.1) is 0 Å². The standard InChI is InChI=1S/C28H22ClN3O5/c1-2-36-20-14-11-19(12-15-20)28(35)37-25-16-13-18-7-3-4-8-21(18)22(25)17-30-32-27(34)26(33)31-24-10-6-5-9-23(24)29/h3-17H,2H2,1H3,(H,31,33)(H,32,34)/b30-17+. The van der Waals surface area contributed by atoms with E-state index in [1.54, 1.807) is 54.6 Å². The van der Waals surface area contributed by atoms with E-state index in [4.69, 9.17) is 21.1 Å². The summed E-state index contributed by atoms with van der Waals surface area (Å²) in [6.45, 7) is 2.39. The number of carbonyl (C=O) groups is 3. The predicted molar refractivity (Wildman–Crippen MR) is 142 cm³/mol. The van der Waals surface area contributed by atoms with Gasteiger partial charge in [0.25, 0.3) is 0 Å². The first-order chi connectivity index (χ1) is 18.0. The lowest BCUT2D eigenvalue weighted by Crippen LogP contribution is -2.32. The van der Waals surface area contributed by atoms with Crippen LogP contribution in [-0.4, -0.2) is 30.6 Å². The van der Waals surface area contributed by atoms with Crippen molar-refractivity contribution >= 4 is 52.1 Å². The molecule has 0 saturated heterocycles. The van der Waals surface area contributed by atoms with Crippen molar-refractivity contribution < 1.29 is 23.9 Å². The summed E-state index contributed by atoms with van der Waals surface area (Å²) in [6, 6.07) is 24.0. The predicted octanol–water partition coefficient (Wildman–Crippen LogP) is 5.20. The molecule has 0 fully saturated rings. The number of anilines is 1. The fourth-order valence-corrected chi connectivity index (χ4v) is 3.64. The molecule has 0 radical (unpaired) electrons. The fraction of sp³-hybridized carbons (Fsp3) is 0.0714. The van der Waals surface area contributed by atoms with Crippen LogP contribution < -0.4 is 20.2 Å². The molecular formula is C28H22ClN3O5. The maximum atomic E-state index is 12.8. The molecule has 0 heterocycles. The van der Waals surface area contributed by atoms with E-state index in [-0.39, 0.29) is 5.75 Å². The molecule has 0 saturated carbocycles. The molecule has 8 nitrogen and oxygen atoms in total. The Balaban J connectivity index is 1.53. The summed E-state index contributed by atoms with van der Waals surface area (Å²) in [5.74, 6) is -1.63. The maximum absolute atomic E-state index is 12.8. The molecule has 0 aromatic heterocycles. The molecule has 0 bridgehead atoms. The second-order valence-corrected chi connectivity index (χ2v) is 8.09. The Morgan fingerprint density at radius 3 is 2.38 bits per heavy atom. The second-order valence-electron chi connectivity index (χ2n) is 7.68. The molecule has 2 N–H and O–H groups in total. The van der Waals surface area contributed by atoms with Crippen molar-refractivity contribution in [3.05, 3.63) is 101 Å². The highest BCUT2D eigenvalue weighted by Gasteiger charge is 2.16. The lowest BCUT2D eigenvalue weighted by Gasteiger charge is -2.11. The summed E-state index contributed by atoms with van der Waals surface area (Å²) in [5.41, 5.74) is 3.27. The maximum Gasteiger partial charge on any atom is 0.343 e. The smallest absolute Gasteiger partial charge is 0.343 e. The first-order valence-corrected chi connectivity index (χ1v) is 11.7. The van der Waals surface area contributed by atoms with Crippen molar-refractivity contribution in [2.75, 3.05) is 11.9 Å². The SMILES string of the molecule is CCOc1ccc(C(=O)Oc2ccc3ccccc3c2/C=N/NC(=O)C(=O)Nc2ccccc2Cl)cc1. The number of fused-ring (bicyclic) bond motifs is 1. The molecule has 186 valence electrons. The van der Waals surface area contributed by atoms with Gasteiger partial charge < -0.3 is 14.8 Å². The molecule has 0 aliphatic heterocycles. The number of amides is 2. The van der Waals surface area contributed by atoms with Gasteiger partial charge in [0.15, 0.2) is 0 Å². The monoisotopic (exact) mass is 515 g/mol. The van der Waals surface area contributed by atoms with Crippen molar-refractivity contribution in [1.29, 1.82) is 0 Å². The Kier molecular flexibility index (Phi) is 8.12. The number of benzene rings is 4. The van der Waals surface area contributed by atoms with Gasteiger partial charge in [0.1, 0.15) is 11.5 Å². The molecule has 0 spiro atoms. The van der Waals surface area contributed by atoms with E-state index in [2.05, 4.69) is 15.8 Å². The number of nitrogens with zero attached hydrogens (tertiary/aromatic N) is 1. The summed E-state index contributed by atoms with van der Waals surface area (Å²) in [6.07, 6.45) is 1.32. The van der Waals surface area contributed by atoms with Gasteiger partial charge in [-0.25, -0.2) is 10.2 Å². The Hall–Kier alpha value is -4.69. The van der Waals surface area contributed by atoms with Crippen LogP contribution in [0.3, 0.4) is 0 Å². The summed E-state index contributed by atoms with van der Waals surface area (Å²) in [5, 5.41) is 8.24. The first kappa shape index (κ1) is 25.4. The van der Waals surface area contributed by atoms with E-state index in [0.717, 1.165) is 10.8 Å². The average molecular weight is 516 g/mol. The molecule has 0 atom stereocenters. The number of hydrogen-bond donors (Lipinski definition) is 2. The van der Waals surface area contributed by atoms with Crippen LogP contribution in [-0.2, 0) is 9.59 Å². The van der Waals surface area contributed by atoms with Crippen molar-refractivity contribution in [3.63, 3.8) is 0 Å². The zero-order valence-corrected chi connectivity index (χ0v) is 20.5. The number of rotatable bonds is 7. The molecule has 0 aliphatic carbocycles. The van der Waals surface area contributed by atoms with Gasteiger partial charge in [-0.2, -0.15) is 5.10 Å². The van der Waals surface area contributed by atoms with Crippen LogP contribution in [0.25, 0.3) is 10.8 Å². The van der Waals surface area contributed by atoms with Crippen molar-refractivity contribution in [3.8, 4) is 11.5 Å². The Labute approximate surface area is 217 Å². The van der Waals surface area contributed by atoms with E-state index in [9.17, 15) is 14.4 Å². The zero-order valence-electron chi connectivity index (χ0n) is 19.7. The Bertz CT molecular complexity index is 1490. The fourth-order valence-electron chi connectivity index (χ4n) is 3.46. The lowest BCUT2D eigenvalue weighted by molar-refractivity contribution is -0.136. The summed E-state index contributed by atoms with van der Waals surface area (Å²) in [4.78, 5) is 37.3. The number of ether oxygens (including phenoxy) is 2. The van der Waals surface area contributed by atoms with Gasteiger partial charge >= 0.3 is 17.8 Å². The van der Waals surface area contributed by atoms with Crippen molar-refractivity contribution in [2.24, 2.45) is 5.10 Å². The normalized spacial score (nSPS) is 10.8. The molecule has 2 amide bonds. The highest BCUT2D eigenvalue weighted by molar-refractivity contribution is 6.41. The molecule has 4 aromatic rings. The van der Waals surface area contributed by atoms with Crippen LogP contribution in [0.4, 0.5) is 5.69 Å². The number of carbonyl (C=O) groups excluding carboxylic acids is 3. The molecular weight excluding hydrogens is 494 g/mol. The van der Waals surface area contributed by atoms with Crippen molar-refractivity contribution in [2.45, 2.75) is 6.92 Å².